The van der Waals surface area contributed by atoms with E-state index in [4.69, 9.17) is 5.11 Å². The number of hydrogen-bond acceptors (Lipinski definition) is 3. The van der Waals surface area contributed by atoms with Gasteiger partial charge in [0.1, 0.15) is 11.6 Å². The van der Waals surface area contributed by atoms with Gasteiger partial charge in [0.05, 0.1) is 5.56 Å². The lowest BCUT2D eigenvalue weighted by atomic mass is 10.1. The normalized spacial score (nSPS) is 10.5. The van der Waals surface area contributed by atoms with E-state index in [1.807, 2.05) is 16.8 Å². The summed E-state index contributed by atoms with van der Waals surface area (Å²) in [5.41, 5.74) is 2.04. The summed E-state index contributed by atoms with van der Waals surface area (Å²) in [4.78, 5) is 15.4. The minimum Gasteiger partial charge on any atom is -0.508 e. The van der Waals surface area contributed by atoms with E-state index in [9.17, 15) is 9.90 Å². The Morgan fingerprint density at radius 1 is 1.14 bits per heavy atom. The smallest absolute Gasteiger partial charge is 0.335 e. The second-order valence-corrected chi connectivity index (χ2v) is 4.93. The van der Waals surface area contributed by atoms with Crippen LogP contribution in [0.2, 0.25) is 0 Å². The number of aromatic hydroxyl groups is 1. The van der Waals surface area contributed by atoms with Crippen molar-refractivity contribution < 1.29 is 15.0 Å². The molecule has 2 N–H and O–H groups in total. The van der Waals surface area contributed by atoms with E-state index in [0.717, 1.165) is 17.0 Å². The first-order valence-corrected chi connectivity index (χ1v) is 6.76. The lowest BCUT2D eigenvalue weighted by molar-refractivity contribution is 0.0696. The minimum atomic E-state index is -0.939. The Bertz CT molecular complexity index is 807. The molecule has 110 valence electrons. The van der Waals surface area contributed by atoms with Gasteiger partial charge in [0, 0.05) is 24.5 Å². The average molecular weight is 294 g/mol. The summed E-state index contributed by atoms with van der Waals surface area (Å²) in [6, 6.07) is 13.6. The van der Waals surface area contributed by atoms with E-state index in [1.54, 1.807) is 48.7 Å². The van der Waals surface area contributed by atoms with E-state index >= 15 is 0 Å². The van der Waals surface area contributed by atoms with Gasteiger partial charge in [-0.1, -0.05) is 12.1 Å². The maximum absolute atomic E-state index is 11.0. The second kappa shape index (κ2) is 5.73. The number of nitrogens with zero attached hydrogens (tertiary/aromatic N) is 2. The molecule has 0 saturated carbocycles. The number of rotatable bonds is 4. The third-order valence-corrected chi connectivity index (χ3v) is 3.37. The first-order chi connectivity index (χ1) is 10.6. The van der Waals surface area contributed by atoms with Crippen molar-refractivity contribution in [2.75, 3.05) is 0 Å². The Morgan fingerprint density at radius 3 is 2.64 bits per heavy atom. The van der Waals surface area contributed by atoms with Crippen LogP contribution in [-0.2, 0) is 6.54 Å². The second-order valence-electron chi connectivity index (χ2n) is 4.93. The summed E-state index contributed by atoms with van der Waals surface area (Å²) < 4.78 is 1.94. The number of carboxylic acid groups (broad SMARTS) is 1. The highest BCUT2D eigenvalue weighted by molar-refractivity contribution is 5.87. The van der Waals surface area contributed by atoms with Crippen LogP contribution in [0.15, 0.2) is 60.9 Å². The summed E-state index contributed by atoms with van der Waals surface area (Å²) in [5.74, 6) is 0.0305. The van der Waals surface area contributed by atoms with E-state index in [0.29, 0.717) is 6.54 Å². The monoisotopic (exact) mass is 294 g/mol. The molecule has 5 nitrogen and oxygen atoms in total. The standard InChI is InChI=1S/C17H14N2O3/c20-15-6-4-13(5-7-15)16-18-8-9-19(16)11-12-2-1-3-14(10-12)17(21)22/h1-10,20H,11H2,(H,21,22). The van der Waals surface area contributed by atoms with Gasteiger partial charge in [-0.3, -0.25) is 0 Å². The highest BCUT2D eigenvalue weighted by atomic mass is 16.4. The van der Waals surface area contributed by atoms with Gasteiger partial charge in [-0.15, -0.1) is 0 Å². The molecule has 0 radical (unpaired) electrons. The number of aromatic carboxylic acids is 1. The van der Waals surface area contributed by atoms with Gasteiger partial charge in [0.25, 0.3) is 0 Å². The summed E-state index contributed by atoms with van der Waals surface area (Å²) in [7, 11) is 0. The van der Waals surface area contributed by atoms with Crippen molar-refractivity contribution in [3.05, 3.63) is 72.1 Å². The fourth-order valence-electron chi connectivity index (χ4n) is 2.31. The molecule has 0 unspecified atom stereocenters. The average Bonchev–Trinajstić information content (AvgIpc) is 2.96. The molecule has 0 saturated heterocycles. The maximum Gasteiger partial charge on any atom is 0.335 e. The molecule has 2 aromatic carbocycles. The number of benzene rings is 2. The summed E-state index contributed by atoms with van der Waals surface area (Å²) in [6.07, 6.45) is 3.54. The van der Waals surface area contributed by atoms with Crippen molar-refractivity contribution >= 4 is 5.97 Å². The van der Waals surface area contributed by atoms with Gasteiger partial charge >= 0.3 is 5.97 Å². The largest absolute Gasteiger partial charge is 0.508 e. The van der Waals surface area contributed by atoms with Crippen LogP contribution in [0.25, 0.3) is 11.4 Å². The first kappa shape index (κ1) is 13.9. The zero-order valence-electron chi connectivity index (χ0n) is 11.7. The van der Waals surface area contributed by atoms with Crippen molar-refractivity contribution in [1.29, 1.82) is 0 Å². The van der Waals surface area contributed by atoms with Crippen molar-refractivity contribution in [3.63, 3.8) is 0 Å². The lowest BCUT2D eigenvalue weighted by Crippen LogP contribution is -2.03. The Balaban J connectivity index is 1.91. The van der Waals surface area contributed by atoms with Gasteiger partial charge < -0.3 is 14.8 Å². The summed E-state index contributed by atoms with van der Waals surface area (Å²) in [6.45, 7) is 0.525. The third-order valence-electron chi connectivity index (χ3n) is 3.37. The Hall–Kier alpha value is -3.08. The SMILES string of the molecule is O=C(O)c1cccc(Cn2ccnc2-c2ccc(O)cc2)c1. The fraction of sp³-hybridized carbons (Fsp3) is 0.0588. The van der Waals surface area contributed by atoms with Gasteiger partial charge in [-0.05, 0) is 42.0 Å². The highest BCUT2D eigenvalue weighted by Gasteiger charge is 2.08. The molecular weight excluding hydrogens is 280 g/mol. The van der Waals surface area contributed by atoms with E-state index in [-0.39, 0.29) is 11.3 Å². The molecule has 5 heteroatoms. The summed E-state index contributed by atoms with van der Waals surface area (Å²) in [5, 5.41) is 18.4. The minimum absolute atomic E-state index is 0.205. The number of hydrogen-bond donors (Lipinski definition) is 2. The molecular formula is C17H14N2O3. The predicted octanol–water partition coefficient (Wildman–Crippen LogP) is 3.00. The number of phenols is 1. The van der Waals surface area contributed by atoms with E-state index in [1.165, 1.54) is 0 Å². The van der Waals surface area contributed by atoms with E-state index < -0.39 is 5.97 Å². The number of carboxylic acids is 1. The van der Waals surface area contributed by atoms with Gasteiger partial charge in [0.15, 0.2) is 0 Å². The van der Waals surface area contributed by atoms with Crippen LogP contribution in [0.1, 0.15) is 15.9 Å². The lowest BCUT2D eigenvalue weighted by Gasteiger charge is -2.09. The molecule has 3 rings (SSSR count). The summed E-state index contributed by atoms with van der Waals surface area (Å²) >= 11 is 0. The quantitative estimate of drug-likeness (QED) is 0.775. The Kier molecular flexibility index (Phi) is 3.62. The zero-order chi connectivity index (χ0) is 15.5. The van der Waals surface area contributed by atoms with Crippen LogP contribution in [0.4, 0.5) is 0 Å². The van der Waals surface area contributed by atoms with Gasteiger partial charge in [-0.25, -0.2) is 9.78 Å². The molecule has 3 aromatic rings. The van der Waals surface area contributed by atoms with Crippen molar-refractivity contribution in [1.82, 2.24) is 9.55 Å². The third kappa shape index (κ3) is 2.83. The molecule has 0 atom stereocenters. The molecule has 1 heterocycles. The number of phenolic OH excluding ortho intramolecular Hbond substituents is 1. The van der Waals surface area contributed by atoms with Crippen LogP contribution in [0.3, 0.4) is 0 Å². The van der Waals surface area contributed by atoms with Gasteiger partial charge in [-0.2, -0.15) is 0 Å². The van der Waals surface area contributed by atoms with Crippen LogP contribution >= 0.6 is 0 Å². The molecule has 0 bridgehead atoms. The van der Waals surface area contributed by atoms with Crippen LogP contribution in [0.5, 0.6) is 5.75 Å². The molecule has 0 amide bonds. The molecule has 0 aliphatic heterocycles. The maximum atomic E-state index is 11.0. The van der Waals surface area contributed by atoms with Crippen molar-refractivity contribution in [3.8, 4) is 17.1 Å². The highest BCUT2D eigenvalue weighted by Crippen LogP contribution is 2.21. The van der Waals surface area contributed by atoms with Crippen LogP contribution < -0.4 is 0 Å². The zero-order valence-corrected chi connectivity index (χ0v) is 11.7. The van der Waals surface area contributed by atoms with E-state index in [2.05, 4.69) is 4.98 Å². The molecule has 1 aromatic heterocycles. The van der Waals surface area contributed by atoms with Gasteiger partial charge in [0.2, 0.25) is 0 Å². The molecule has 22 heavy (non-hydrogen) atoms. The Labute approximate surface area is 127 Å². The fourth-order valence-corrected chi connectivity index (χ4v) is 2.31. The molecule has 0 aliphatic rings. The number of imidazole rings is 1. The first-order valence-electron chi connectivity index (χ1n) is 6.76. The van der Waals surface area contributed by atoms with Crippen LogP contribution in [0, 0.1) is 0 Å². The number of carbonyl (C=O) groups is 1. The Morgan fingerprint density at radius 2 is 1.91 bits per heavy atom. The number of aromatic nitrogens is 2. The molecule has 0 aliphatic carbocycles. The van der Waals surface area contributed by atoms with Crippen molar-refractivity contribution in [2.24, 2.45) is 0 Å². The topological polar surface area (TPSA) is 75.3 Å². The predicted molar refractivity (Wildman–Crippen MR) is 81.8 cm³/mol. The molecule has 0 fully saturated rings. The molecule has 0 spiro atoms. The van der Waals surface area contributed by atoms with Crippen LogP contribution in [-0.4, -0.2) is 25.7 Å². The van der Waals surface area contributed by atoms with Crippen molar-refractivity contribution in [2.45, 2.75) is 6.54 Å².